The fourth-order valence-corrected chi connectivity index (χ4v) is 3.13. The van der Waals surface area contributed by atoms with Crippen molar-refractivity contribution >= 4 is 27.3 Å². The lowest BCUT2D eigenvalue weighted by molar-refractivity contribution is 0.417. The zero-order chi connectivity index (χ0) is 14.6. The second kappa shape index (κ2) is 6.65. The summed E-state index contributed by atoms with van der Waals surface area (Å²) in [5, 5.41) is 3.74. The molecule has 1 aromatic rings. The van der Waals surface area contributed by atoms with E-state index >= 15 is 0 Å². The number of ether oxygens (including phenoxy) is 1. The molecule has 1 aliphatic rings. The highest BCUT2D eigenvalue weighted by molar-refractivity contribution is 7.92. The number of methoxy groups -OCH3 is 1. The molecule has 20 heavy (non-hydrogen) atoms. The molecular weight excluding hydrogens is 300 g/mol. The summed E-state index contributed by atoms with van der Waals surface area (Å²) in [5.74, 6) is 0.525. The van der Waals surface area contributed by atoms with Crippen molar-refractivity contribution in [3.8, 4) is 5.75 Å². The molecule has 5 nitrogen and oxygen atoms in total. The van der Waals surface area contributed by atoms with Crippen LogP contribution in [0.25, 0.3) is 0 Å². The van der Waals surface area contributed by atoms with Gasteiger partial charge < -0.3 is 10.1 Å². The van der Waals surface area contributed by atoms with Crippen LogP contribution in [0, 0.1) is 0 Å². The Morgan fingerprint density at radius 3 is 2.80 bits per heavy atom. The maximum Gasteiger partial charge on any atom is 0.232 e. The fraction of sp³-hybridized carbons (Fsp3) is 0.538. The lowest BCUT2D eigenvalue weighted by atomic mass is 10.3. The van der Waals surface area contributed by atoms with E-state index in [2.05, 4.69) is 10.0 Å². The molecule has 7 heteroatoms. The molecule has 0 bridgehead atoms. The molecule has 0 aliphatic heterocycles. The van der Waals surface area contributed by atoms with E-state index in [9.17, 15) is 8.42 Å². The highest BCUT2D eigenvalue weighted by Gasteiger charge is 2.20. The number of nitrogens with one attached hydrogen (secondary N) is 2. The van der Waals surface area contributed by atoms with Crippen molar-refractivity contribution < 1.29 is 13.2 Å². The van der Waals surface area contributed by atoms with Gasteiger partial charge >= 0.3 is 0 Å². The first-order valence-corrected chi connectivity index (χ1v) is 8.60. The highest BCUT2D eigenvalue weighted by atomic mass is 35.5. The van der Waals surface area contributed by atoms with Crippen LogP contribution in [-0.4, -0.2) is 33.9 Å². The van der Waals surface area contributed by atoms with Gasteiger partial charge in [-0.3, -0.25) is 4.72 Å². The Kier molecular flexibility index (Phi) is 5.12. The SMILES string of the molecule is COc1ccc(Cl)cc1NS(=O)(=O)CCCNC1CC1. The van der Waals surface area contributed by atoms with Crippen molar-refractivity contribution in [3.05, 3.63) is 23.2 Å². The second-order valence-electron chi connectivity index (χ2n) is 4.85. The van der Waals surface area contributed by atoms with E-state index in [0.29, 0.717) is 28.9 Å². The Hall–Kier alpha value is -0.980. The molecule has 112 valence electrons. The molecule has 0 aromatic heterocycles. The third-order valence-corrected chi connectivity index (χ3v) is 4.62. The van der Waals surface area contributed by atoms with Crippen LogP contribution in [0.4, 0.5) is 5.69 Å². The molecule has 1 aromatic carbocycles. The highest BCUT2D eigenvalue weighted by Crippen LogP contribution is 2.28. The summed E-state index contributed by atoms with van der Waals surface area (Å²) in [6, 6.07) is 5.42. The number of sulfonamides is 1. The normalized spacial score (nSPS) is 15.1. The molecule has 2 rings (SSSR count). The van der Waals surface area contributed by atoms with Gasteiger partial charge in [0, 0.05) is 11.1 Å². The second-order valence-corrected chi connectivity index (χ2v) is 7.13. The lowest BCUT2D eigenvalue weighted by Crippen LogP contribution is -2.23. The molecule has 0 radical (unpaired) electrons. The molecule has 0 atom stereocenters. The van der Waals surface area contributed by atoms with Gasteiger partial charge in [0.15, 0.2) is 0 Å². The third-order valence-electron chi connectivity index (χ3n) is 3.03. The predicted molar refractivity (Wildman–Crippen MR) is 81.1 cm³/mol. The Balaban J connectivity index is 1.90. The molecule has 0 heterocycles. The molecule has 1 saturated carbocycles. The summed E-state index contributed by atoms with van der Waals surface area (Å²) in [6.45, 7) is 0.720. The van der Waals surface area contributed by atoms with Crippen LogP contribution >= 0.6 is 11.6 Å². The van der Waals surface area contributed by atoms with Crippen molar-refractivity contribution in [2.45, 2.75) is 25.3 Å². The average molecular weight is 319 g/mol. The van der Waals surface area contributed by atoms with Gasteiger partial charge in [-0.15, -0.1) is 0 Å². The van der Waals surface area contributed by atoms with Gasteiger partial charge in [-0.05, 0) is 44.0 Å². The van der Waals surface area contributed by atoms with Crippen LogP contribution in [0.2, 0.25) is 5.02 Å². The summed E-state index contributed by atoms with van der Waals surface area (Å²) >= 11 is 5.87. The number of hydrogen-bond acceptors (Lipinski definition) is 4. The topological polar surface area (TPSA) is 67.4 Å². The maximum atomic E-state index is 12.0. The van der Waals surface area contributed by atoms with E-state index in [0.717, 1.165) is 6.54 Å². The van der Waals surface area contributed by atoms with Crippen LogP contribution < -0.4 is 14.8 Å². The summed E-state index contributed by atoms with van der Waals surface area (Å²) in [6.07, 6.45) is 2.98. The van der Waals surface area contributed by atoms with E-state index in [1.807, 2.05) is 0 Å². The number of rotatable bonds is 8. The Labute approximate surface area is 124 Å². The molecule has 0 amide bonds. The number of anilines is 1. The maximum absolute atomic E-state index is 12.0. The monoisotopic (exact) mass is 318 g/mol. The van der Waals surface area contributed by atoms with Gasteiger partial charge in [0.1, 0.15) is 5.75 Å². The van der Waals surface area contributed by atoms with Crippen LogP contribution in [-0.2, 0) is 10.0 Å². The largest absolute Gasteiger partial charge is 0.495 e. The van der Waals surface area contributed by atoms with E-state index in [1.165, 1.54) is 20.0 Å². The fourth-order valence-electron chi connectivity index (χ4n) is 1.83. The van der Waals surface area contributed by atoms with Crippen molar-refractivity contribution in [1.82, 2.24) is 5.32 Å². The summed E-state index contributed by atoms with van der Waals surface area (Å²) in [5.41, 5.74) is 0.371. The minimum Gasteiger partial charge on any atom is -0.495 e. The van der Waals surface area contributed by atoms with Crippen LogP contribution in [0.15, 0.2) is 18.2 Å². The number of halogens is 1. The molecule has 1 fully saturated rings. The predicted octanol–water partition coefficient (Wildman–Crippen LogP) is 2.23. The minimum atomic E-state index is -3.39. The van der Waals surface area contributed by atoms with Gasteiger partial charge in [-0.25, -0.2) is 8.42 Å². The van der Waals surface area contributed by atoms with Crippen molar-refractivity contribution in [1.29, 1.82) is 0 Å². The number of benzene rings is 1. The van der Waals surface area contributed by atoms with E-state index in [1.54, 1.807) is 18.2 Å². The van der Waals surface area contributed by atoms with Gasteiger partial charge in [-0.2, -0.15) is 0 Å². The quantitative estimate of drug-likeness (QED) is 0.721. The van der Waals surface area contributed by atoms with Gasteiger partial charge in [0.25, 0.3) is 0 Å². The molecule has 2 N–H and O–H groups in total. The average Bonchev–Trinajstić information content (AvgIpc) is 3.18. The van der Waals surface area contributed by atoms with E-state index in [-0.39, 0.29) is 5.75 Å². The molecule has 0 unspecified atom stereocenters. The van der Waals surface area contributed by atoms with Crippen molar-refractivity contribution in [3.63, 3.8) is 0 Å². The summed E-state index contributed by atoms with van der Waals surface area (Å²) in [4.78, 5) is 0. The Morgan fingerprint density at radius 2 is 2.15 bits per heavy atom. The number of hydrogen-bond donors (Lipinski definition) is 2. The Morgan fingerprint density at radius 1 is 1.40 bits per heavy atom. The first kappa shape index (κ1) is 15.4. The smallest absolute Gasteiger partial charge is 0.232 e. The first-order chi connectivity index (χ1) is 9.50. The van der Waals surface area contributed by atoms with Crippen LogP contribution in [0.1, 0.15) is 19.3 Å². The van der Waals surface area contributed by atoms with Crippen molar-refractivity contribution in [2.75, 3.05) is 24.1 Å². The molecular formula is C13H19ClN2O3S. The summed E-state index contributed by atoms with van der Waals surface area (Å²) < 4.78 is 31.6. The van der Waals surface area contributed by atoms with Crippen LogP contribution in [0.3, 0.4) is 0 Å². The third kappa shape index (κ3) is 4.85. The van der Waals surface area contributed by atoms with Gasteiger partial charge in [0.05, 0.1) is 18.6 Å². The van der Waals surface area contributed by atoms with E-state index < -0.39 is 10.0 Å². The molecule has 0 saturated heterocycles. The zero-order valence-electron chi connectivity index (χ0n) is 11.4. The summed E-state index contributed by atoms with van der Waals surface area (Å²) in [7, 11) is -1.90. The zero-order valence-corrected chi connectivity index (χ0v) is 12.9. The minimum absolute atomic E-state index is 0.0718. The van der Waals surface area contributed by atoms with Gasteiger partial charge in [-0.1, -0.05) is 11.6 Å². The molecule has 1 aliphatic carbocycles. The Bertz CT molecular complexity index is 559. The first-order valence-electron chi connectivity index (χ1n) is 6.57. The lowest BCUT2D eigenvalue weighted by Gasteiger charge is -2.12. The van der Waals surface area contributed by atoms with Gasteiger partial charge in [0.2, 0.25) is 10.0 Å². The van der Waals surface area contributed by atoms with Crippen molar-refractivity contribution in [2.24, 2.45) is 0 Å². The van der Waals surface area contributed by atoms with Crippen LogP contribution in [0.5, 0.6) is 5.75 Å². The van der Waals surface area contributed by atoms with E-state index in [4.69, 9.17) is 16.3 Å². The standard InChI is InChI=1S/C13H19ClN2O3S/c1-19-13-6-3-10(14)9-12(13)16-20(17,18)8-2-7-15-11-4-5-11/h3,6,9,11,15-16H,2,4-5,7-8H2,1H3. The molecule has 0 spiro atoms.